The first kappa shape index (κ1) is 17.7. The van der Waals surface area contributed by atoms with E-state index >= 15 is 0 Å². The standard InChI is InChI=1S/C15H32O2Si/c1-12(2)11-15(5,13(3)4)14(16)17-9-8-10-18(6)7/h12-13,18H,8-11H2,1-7H3/t15-/m0/s1. The maximum Gasteiger partial charge on any atom is 0.312 e. The van der Waals surface area contributed by atoms with Crippen molar-refractivity contribution < 1.29 is 9.53 Å². The van der Waals surface area contributed by atoms with Gasteiger partial charge in [0, 0.05) is 8.80 Å². The molecule has 108 valence electrons. The van der Waals surface area contributed by atoms with Gasteiger partial charge >= 0.3 is 5.97 Å². The molecule has 2 nitrogen and oxygen atoms in total. The predicted octanol–water partition coefficient (Wildman–Crippen LogP) is 4.11. The van der Waals surface area contributed by atoms with Crippen molar-refractivity contribution >= 4 is 14.8 Å². The van der Waals surface area contributed by atoms with Crippen LogP contribution in [0.3, 0.4) is 0 Å². The van der Waals surface area contributed by atoms with E-state index in [0.717, 1.165) is 12.8 Å². The maximum atomic E-state index is 12.3. The SMILES string of the molecule is CC(C)C[C@](C)(C(=O)OCCC[SiH](C)C)C(C)C. The van der Waals surface area contributed by atoms with Crippen molar-refractivity contribution in [3.8, 4) is 0 Å². The monoisotopic (exact) mass is 272 g/mol. The summed E-state index contributed by atoms with van der Waals surface area (Å²) >= 11 is 0. The Bertz CT molecular complexity index is 249. The zero-order valence-corrected chi connectivity index (χ0v) is 14.5. The van der Waals surface area contributed by atoms with E-state index < -0.39 is 8.80 Å². The van der Waals surface area contributed by atoms with Crippen LogP contribution in [0.25, 0.3) is 0 Å². The maximum absolute atomic E-state index is 12.3. The zero-order valence-electron chi connectivity index (χ0n) is 13.4. The summed E-state index contributed by atoms with van der Waals surface area (Å²) < 4.78 is 5.50. The first-order chi connectivity index (χ1) is 8.20. The quantitative estimate of drug-likeness (QED) is 0.377. The molecule has 0 fully saturated rings. The molecule has 0 aliphatic heterocycles. The molecule has 0 amide bonds. The van der Waals surface area contributed by atoms with E-state index in [0.29, 0.717) is 18.4 Å². The van der Waals surface area contributed by atoms with E-state index in [2.05, 4.69) is 47.7 Å². The number of carbonyl (C=O) groups excluding carboxylic acids is 1. The highest BCUT2D eigenvalue weighted by Gasteiger charge is 2.38. The topological polar surface area (TPSA) is 26.3 Å². The number of carbonyl (C=O) groups is 1. The van der Waals surface area contributed by atoms with Crippen molar-refractivity contribution in [3.05, 3.63) is 0 Å². The molecule has 0 rings (SSSR count). The van der Waals surface area contributed by atoms with Crippen LogP contribution in [0, 0.1) is 17.3 Å². The summed E-state index contributed by atoms with van der Waals surface area (Å²) in [6.45, 7) is 15.9. The molecule has 0 aromatic carbocycles. The van der Waals surface area contributed by atoms with Gasteiger partial charge in [-0.2, -0.15) is 0 Å². The molecule has 0 bridgehead atoms. The van der Waals surface area contributed by atoms with Crippen LogP contribution in [0.15, 0.2) is 0 Å². The first-order valence-electron chi connectivity index (χ1n) is 7.37. The van der Waals surface area contributed by atoms with Gasteiger partial charge in [0.25, 0.3) is 0 Å². The molecular weight excluding hydrogens is 240 g/mol. The van der Waals surface area contributed by atoms with Crippen LogP contribution in [0.5, 0.6) is 0 Å². The number of rotatable bonds is 8. The molecule has 0 heterocycles. The molecule has 0 aliphatic rings. The molecular formula is C15H32O2Si. The van der Waals surface area contributed by atoms with Crippen molar-refractivity contribution in [2.45, 2.75) is 66.6 Å². The molecule has 1 atom stereocenters. The van der Waals surface area contributed by atoms with E-state index in [9.17, 15) is 4.79 Å². The van der Waals surface area contributed by atoms with Gasteiger partial charge in [0.15, 0.2) is 0 Å². The molecule has 0 N–H and O–H groups in total. The van der Waals surface area contributed by atoms with E-state index in [-0.39, 0.29) is 11.4 Å². The Kier molecular flexibility index (Phi) is 7.84. The third-order valence-corrected chi connectivity index (χ3v) is 5.29. The fourth-order valence-corrected chi connectivity index (χ4v) is 3.21. The lowest BCUT2D eigenvalue weighted by Gasteiger charge is -2.32. The molecule has 3 heteroatoms. The minimum absolute atomic E-state index is 0.00313. The fourth-order valence-electron chi connectivity index (χ4n) is 2.22. The minimum Gasteiger partial charge on any atom is -0.465 e. The van der Waals surface area contributed by atoms with Crippen LogP contribution in [-0.2, 0) is 9.53 Å². The number of ether oxygens (including phenoxy) is 1. The van der Waals surface area contributed by atoms with Gasteiger partial charge < -0.3 is 4.74 Å². The van der Waals surface area contributed by atoms with Gasteiger partial charge in [0.2, 0.25) is 0 Å². The molecule has 0 aromatic rings. The van der Waals surface area contributed by atoms with Crippen LogP contribution in [-0.4, -0.2) is 21.4 Å². The van der Waals surface area contributed by atoms with Gasteiger partial charge in [-0.1, -0.05) is 46.8 Å². The Morgan fingerprint density at radius 3 is 2.17 bits per heavy atom. The molecule has 0 aliphatic carbocycles. The van der Waals surface area contributed by atoms with Gasteiger partial charge in [0.1, 0.15) is 0 Å². The van der Waals surface area contributed by atoms with Crippen molar-refractivity contribution in [1.82, 2.24) is 0 Å². The van der Waals surface area contributed by atoms with Crippen LogP contribution in [0.2, 0.25) is 19.1 Å². The Balaban J connectivity index is 4.32. The minimum atomic E-state index is -0.510. The third kappa shape index (κ3) is 6.03. The normalized spacial score (nSPS) is 15.2. The largest absolute Gasteiger partial charge is 0.465 e. The Labute approximate surface area is 115 Å². The molecule has 0 saturated carbocycles. The van der Waals surface area contributed by atoms with Crippen LogP contribution in [0.4, 0.5) is 0 Å². The van der Waals surface area contributed by atoms with Crippen LogP contribution in [0.1, 0.15) is 47.5 Å². The summed E-state index contributed by atoms with van der Waals surface area (Å²) in [4.78, 5) is 12.3. The lowest BCUT2D eigenvalue weighted by molar-refractivity contribution is -0.159. The summed E-state index contributed by atoms with van der Waals surface area (Å²) in [5, 5.41) is 0. The number of hydrogen-bond acceptors (Lipinski definition) is 2. The lowest BCUT2D eigenvalue weighted by atomic mass is 9.73. The third-order valence-electron chi connectivity index (χ3n) is 3.73. The van der Waals surface area contributed by atoms with Crippen molar-refractivity contribution in [1.29, 1.82) is 0 Å². The van der Waals surface area contributed by atoms with Crippen molar-refractivity contribution in [3.63, 3.8) is 0 Å². The second kappa shape index (κ2) is 7.98. The van der Waals surface area contributed by atoms with Gasteiger partial charge in [0.05, 0.1) is 12.0 Å². The van der Waals surface area contributed by atoms with Gasteiger partial charge in [-0.05, 0) is 31.6 Å². The number of hydrogen-bond donors (Lipinski definition) is 0. The highest BCUT2D eigenvalue weighted by atomic mass is 28.3. The van der Waals surface area contributed by atoms with Gasteiger partial charge in [-0.25, -0.2) is 0 Å². The van der Waals surface area contributed by atoms with Crippen LogP contribution < -0.4 is 0 Å². The summed E-state index contributed by atoms with van der Waals surface area (Å²) in [5.74, 6) is 0.844. The van der Waals surface area contributed by atoms with Crippen molar-refractivity contribution in [2.75, 3.05) is 6.61 Å². The summed E-state index contributed by atoms with van der Waals surface area (Å²) in [6.07, 6.45) is 1.94. The van der Waals surface area contributed by atoms with Crippen LogP contribution >= 0.6 is 0 Å². The summed E-state index contributed by atoms with van der Waals surface area (Å²) in [7, 11) is -0.510. The Hall–Kier alpha value is -0.313. The van der Waals surface area contributed by atoms with Gasteiger partial charge in [-0.3, -0.25) is 4.79 Å². The molecule has 0 saturated heterocycles. The fraction of sp³-hybridized carbons (Fsp3) is 0.933. The van der Waals surface area contributed by atoms with E-state index in [1.165, 1.54) is 6.04 Å². The highest BCUT2D eigenvalue weighted by Crippen LogP contribution is 2.35. The average Bonchev–Trinajstić information content (AvgIpc) is 2.22. The van der Waals surface area contributed by atoms with Gasteiger partial charge in [-0.15, -0.1) is 0 Å². The zero-order chi connectivity index (χ0) is 14.3. The molecule has 0 aromatic heterocycles. The molecule has 0 unspecified atom stereocenters. The highest BCUT2D eigenvalue weighted by molar-refractivity contribution is 6.55. The smallest absolute Gasteiger partial charge is 0.312 e. The molecule has 0 radical (unpaired) electrons. The molecule has 0 spiro atoms. The lowest BCUT2D eigenvalue weighted by Crippen LogP contribution is -2.36. The van der Waals surface area contributed by atoms with E-state index in [1.54, 1.807) is 0 Å². The second-order valence-electron chi connectivity index (χ2n) is 6.84. The summed E-state index contributed by atoms with van der Waals surface area (Å²) in [5.41, 5.74) is -0.330. The average molecular weight is 273 g/mol. The summed E-state index contributed by atoms with van der Waals surface area (Å²) in [6, 6.07) is 1.26. The number of esters is 1. The van der Waals surface area contributed by atoms with E-state index in [1.807, 2.05) is 0 Å². The van der Waals surface area contributed by atoms with Crippen molar-refractivity contribution in [2.24, 2.45) is 17.3 Å². The first-order valence-corrected chi connectivity index (χ1v) is 10.5. The molecule has 18 heavy (non-hydrogen) atoms. The second-order valence-corrected chi connectivity index (χ2v) is 10.2. The Morgan fingerprint density at radius 2 is 1.78 bits per heavy atom. The predicted molar refractivity (Wildman–Crippen MR) is 81.7 cm³/mol. The Morgan fingerprint density at radius 1 is 1.22 bits per heavy atom. The van der Waals surface area contributed by atoms with E-state index in [4.69, 9.17) is 4.74 Å².